The Morgan fingerprint density at radius 2 is 2.00 bits per heavy atom. The largest absolute Gasteiger partial charge is 0.488 e. The molecule has 0 spiro atoms. The molecule has 0 N–H and O–H groups in total. The number of hydrogen-bond acceptors (Lipinski definition) is 4. The van der Waals surface area contributed by atoms with Crippen LogP contribution >= 0.6 is 27.3 Å². The number of fused-ring (bicyclic) bond motifs is 1. The summed E-state index contributed by atoms with van der Waals surface area (Å²) in [5.41, 5.74) is 3.07. The first-order valence-corrected chi connectivity index (χ1v) is 9.06. The minimum Gasteiger partial charge on any atom is -0.488 e. The summed E-state index contributed by atoms with van der Waals surface area (Å²) in [6, 6.07) is 15.5. The average molecular weight is 398 g/mol. The topological polar surface area (TPSA) is 39.2 Å². The molecule has 2 heterocycles. The highest BCUT2D eigenvalue weighted by molar-refractivity contribution is 9.10. The van der Waals surface area contributed by atoms with Gasteiger partial charge < -0.3 is 4.74 Å². The summed E-state index contributed by atoms with van der Waals surface area (Å²) in [6.07, 6.45) is 1.82. The maximum absolute atomic E-state index is 12.6. The lowest BCUT2D eigenvalue weighted by Crippen LogP contribution is -2.19. The molecule has 0 radical (unpaired) electrons. The Kier molecular flexibility index (Phi) is 4.04. The van der Waals surface area contributed by atoms with Crippen molar-refractivity contribution in [2.75, 3.05) is 6.61 Å². The fraction of sp³-hybridized carbons (Fsp3) is 0.0526. The van der Waals surface area contributed by atoms with Crippen molar-refractivity contribution in [2.24, 2.45) is 0 Å². The summed E-state index contributed by atoms with van der Waals surface area (Å²) >= 11 is 4.96. The molecule has 1 aromatic heterocycles. The fourth-order valence-electron chi connectivity index (χ4n) is 2.55. The molecule has 0 aliphatic carbocycles. The average Bonchev–Trinajstić information content (AvgIpc) is 3.07. The van der Waals surface area contributed by atoms with Crippen LogP contribution < -0.4 is 4.74 Å². The quantitative estimate of drug-likeness (QED) is 0.555. The highest BCUT2D eigenvalue weighted by atomic mass is 79.9. The molecule has 3 aromatic rings. The molecule has 0 fully saturated rings. The molecule has 118 valence electrons. The molecular formula is C19H12BrNO2S. The Hall–Kier alpha value is -2.24. The molecule has 0 atom stereocenters. The number of benzene rings is 2. The second-order valence-electron chi connectivity index (χ2n) is 5.37. The van der Waals surface area contributed by atoms with Crippen LogP contribution in [0.25, 0.3) is 16.6 Å². The van der Waals surface area contributed by atoms with Gasteiger partial charge >= 0.3 is 0 Å². The lowest BCUT2D eigenvalue weighted by molar-refractivity contribution is 0.100. The molecule has 0 saturated carbocycles. The number of ether oxygens (including phenoxy) is 1. The first kappa shape index (κ1) is 15.3. The van der Waals surface area contributed by atoms with Gasteiger partial charge in [0, 0.05) is 21.0 Å². The van der Waals surface area contributed by atoms with E-state index >= 15 is 0 Å². The van der Waals surface area contributed by atoms with E-state index in [1.807, 2.05) is 53.9 Å². The van der Waals surface area contributed by atoms with Gasteiger partial charge in [0.15, 0.2) is 5.78 Å². The van der Waals surface area contributed by atoms with E-state index in [1.54, 1.807) is 17.4 Å². The highest BCUT2D eigenvalue weighted by Crippen LogP contribution is 2.31. The van der Waals surface area contributed by atoms with Crippen LogP contribution in [0.15, 0.2) is 64.0 Å². The molecule has 0 saturated heterocycles. The predicted molar refractivity (Wildman–Crippen MR) is 99.5 cm³/mol. The van der Waals surface area contributed by atoms with Crippen LogP contribution in [0.3, 0.4) is 0 Å². The summed E-state index contributed by atoms with van der Waals surface area (Å²) in [5, 5.41) is 2.90. The molecule has 0 unspecified atom stereocenters. The Morgan fingerprint density at radius 3 is 2.83 bits per heavy atom. The van der Waals surface area contributed by atoms with Gasteiger partial charge in [0.1, 0.15) is 17.4 Å². The Bertz CT molecular complexity index is 947. The molecular weight excluding hydrogens is 386 g/mol. The van der Waals surface area contributed by atoms with Crippen molar-refractivity contribution >= 4 is 39.1 Å². The number of halogens is 1. The van der Waals surface area contributed by atoms with Crippen molar-refractivity contribution in [1.29, 1.82) is 0 Å². The zero-order valence-electron chi connectivity index (χ0n) is 12.5. The van der Waals surface area contributed by atoms with Crippen LogP contribution in [0.2, 0.25) is 0 Å². The van der Waals surface area contributed by atoms with Gasteiger partial charge in [-0.05, 0) is 24.3 Å². The van der Waals surface area contributed by atoms with Gasteiger partial charge in [0.05, 0.1) is 11.3 Å². The van der Waals surface area contributed by atoms with Crippen molar-refractivity contribution in [3.63, 3.8) is 0 Å². The molecule has 1 aliphatic rings. The minimum absolute atomic E-state index is 0.00184. The van der Waals surface area contributed by atoms with Gasteiger partial charge in [-0.2, -0.15) is 0 Å². The SMILES string of the molecule is O=C1C(=Cc2csc(-c3ccccc3)n2)COc2cc(Br)ccc21. The van der Waals surface area contributed by atoms with E-state index in [-0.39, 0.29) is 12.4 Å². The van der Waals surface area contributed by atoms with E-state index in [0.29, 0.717) is 16.9 Å². The van der Waals surface area contributed by atoms with Crippen molar-refractivity contribution in [3.05, 3.63) is 75.2 Å². The molecule has 3 nitrogen and oxygen atoms in total. The highest BCUT2D eigenvalue weighted by Gasteiger charge is 2.23. The standard InChI is InChI=1S/C19H12BrNO2S/c20-14-6-7-16-17(9-14)23-10-13(18(16)22)8-15-11-24-19(21-15)12-4-2-1-3-5-12/h1-9,11H,10H2. The van der Waals surface area contributed by atoms with Gasteiger partial charge in [-0.25, -0.2) is 4.98 Å². The van der Waals surface area contributed by atoms with Crippen molar-refractivity contribution in [3.8, 4) is 16.3 Å². The van der Waals surface area contributed by atoms with Crippen molar-refractivity contribution in [2.45, 2.75) is 0 Å². The van der Waals surface area contributed by atoms with E-state index in [4.69, 9.17) is 4.74 Å². The number of aromatic nitrogens is 1. The summed E-state index contributed by atoms with van der Waals surface area (Å²) in [5.74, 6) is 0.618. The molecule has 0 amide bonds. The third-order valence-corrected chi connectivity index (χ3v) is 5.13. The van der Waals surface area contributed by atoms with Crippen molar-refractivity contribution in [1.82, 2.24) is 4.98 Å². The normalized spacial score (nSPS) is 15.2. The number of ketones is 1. The third-order valence-electron chi connectivity index (χ3n) is 3.73. The van der Waals surface area contributed by atoms with E-state index in [9.17, 15) is 4.79 Å². The van der Waals surface area contributed by atoms with E-state index in [1.165, 1.54) is 0 Å². The molecule has 0 bridgehead atoms. The maximum Gasteiger partial charge on any atom is 0.196 e. The second kappa shape index (κ2) is 6.34. The molecule has 24 heavy (non-hydrogen) atoms. The maximum atomic E-state index is 12.6. The molecule has 2 aromatic carbocycles. The van der Waals surface area contributed by atoms with Crippen LogP contribution in [-0.4, -0.2) is 17.4 Å². The van der Waals surface area contributed by atoms with Crippen LogP contribution in [0.1, 0.15) is 16.1 Å². The fourth-order valence-corrected chi connectivity index (χ4v) is 3.67. The Balaban J connectivity index is 1.64. The molecule has 1 aliphatic heterocycles. The van der Waals surface area contributed by atoms with E-state index < -0.39 is 0 Å². The van der Waals surface area contributed by atoms with Gasteiger partial charge in [-0.1, -0.05) is 46.3 Å². The number of Topliss-reactive ketones (excluding diaryl/α,β-unsaturated/α-hetero) is 1. The lowest BCUT2D eigenvalue weighted by Gasteiger charge is -2.18. The first-order chi connectivity index (χ1) is 11.7. The third kappa shape index (κ3) is 2.92. The number of carbonyl (C=O) groups excluding carboxylic acids is 1. The monoisotopic (exact) mass is 397 g/mol. The van der Waals surface area contributed by atoms with Gasteiger partial charge in [-0.3, -0.25) is 4.79 Å². The smallest absolute Gasteiger partial charge is 0.196 e. The van der Waals surface area contributed by atoms with E-state index in [2.05, 4.69) is 20.9 Å². The zero-order valence-corrected chi connectivity index (χ0v) is 14.9. The Labute approximate surface area is 151 Å². The van der Waals surface area contributed by atoms with Crippen molar-refractivity contribution < 1.29 is 9.53 Å². The predicted octanol–water partition coefficient (Wildman–Crippen LogP) is 5.23. The van der Waals surface area contributed by atoms with Crippen LogP contribution in [0.5, 0.6) is 5.75 Å². The summed E-state index contributed by atoms with van der Waals surface area (Å²) in [4.78, 5) is 17.2. The number of hydrogen-bond donors (Lipinski definition) is 0. The number of nitrogens with zero attached hydrogens (tertiary/aromatic N) is 1. The molecule has 4 rings (SSSR count). The summed E-state index contributed by atoms with van der Waals surface area (Å²) < 4.78 is 6.60. The number of rotatable bonds is 2. The summed E-state index contributed by atoms with van der Waals surface area (Å²) in [7, 11) is 0. The second-order valence-corrected chi connectivity index (χ2v) is 7.15. The first-order valence-electron chi connectivity index (χ1n) is 7.39. The summed E-state index contributed by atoms with van der Waals surface area (Å²) in [6.45, 7) is 0.264. The molecule has 5 heteroatoms. The number of thiazole rings is 1. The van der Waals surface area contributed by atoms with E-state index in [0.717, 1.165) is 20.7 Å². The minimum atomic E-state index is -0.00184. The van der Waals surface area contributed by atoms with Gasteiger partial charge in [-0.15, -0.1) is 11.3 Å². The van der Waals surface area contributed by atoms with Crippen LogP contribution in [0, 0.1) is 0 Å². The van der Waals surface area contributed by atoms with Crippen LogP contribution in [0.4, 0.5) is 0 Å². The van der Waals surface area contributed by atoms with Gasteiger partial charge in [0.2, 0.25) is 0 Å². The van der Waals surface area contributed by atoms with Gasteiger partial charge in [0.25, 0.3) is 0 Å². The zero-order chi connectivity index (χ0) is 16.5. The lowest BCUT2D eigenvalue weighted by atomic mass is 10.00. The Morgan fingerprint density at radius 1 is 1.17 bits per heavy atom. The van der Waals surface area contributed by atoms with Crippen LogP contribution in [-0.2, 0) is 0 Å². The number of carbonyl (C=O) groups is 1.